The first kappa shape index (κ1) is 23.7. The molecule has 0 fully saturated rings. The molecule has 30 heavy (non-hydrogen) atoms. The molecule has 0 aliphatic heterocycles. The van der Waals surface area contributed by atoms with E-state index in [1.165, 1.54) is 11.1 Å². The van der Waals surface area contributed by atoms with Gasteiger partial charge in [0.05, 0.1) is 10.8 Å². The summed E-state index contributed by atoms with van der Waals surface area (Å²) in [5, 5.41) is 0. The summed E-state index contributed by atoms with van der Waals surface area (Å²) in [6.45, 7) is 15.5. The van der Waals surface area contributed by atoms with Crippen molar-refractivity contribution >= 4 is 11.9 Å². The summed E-state index contributed by atoms with van der Waals surface area (Å²) < 4.78 is 0. The van der Waals surface area contributed by atoms with Gasteiger partial charge >= 0.3 is 11.9 Å². The second-order valence-electron chi connectivity index (χ2n) is 9.54. The Labute approximate surface area is 180 Å². The highest BCUT2D eigenvalue weighted by molar-refractivity contribution is 5.85. The van der Waals surface area contributed by atoms with Crippen molar-refractivity contribution in [1.29, 1.82) is 0 Å². The lowest BCUT2D eigenvalue weighted by Crippen LogP contribution is -2.36. The van der Waals surface area contributed by atoms with E-state index in [0.29, 0.717) is 11.8 Å². The van der Waals surface area contributed by atoms with Crippen molar-refractivity contribution in [2.24, 2.45) is 0 Å². The van der Waals surface area contributed by atoms with E-state index in [2.05, 4.69) is 27.7 Å². The fraction of sp³-hybridized carbons (Fsp3) is 0.462. The maximum absolute atomic E-state index is 12.7. The zero-order chi connectivity index (χ0) is 22.7. The molecule has 0 amide bonds. The Hall–Kier alpha value is -2.62. The second-order valence-corrected chi connectivity index (χ2v) is 9.54. The molecule has 0 bridgehead atoms. The molecule has 0 saturated carbocycles. The van der Waals surface area contributed by atoms with Crippen LogP contribution < -0.4 is 0 Å². The van der Waals surface area contributed by atoms with Gasteiger partial charge in [0.25, 0.3) is 0 Å². The minimum absolute atomic E-state index is 0.409. The minimum atomic E-state index is -0.946. The number of carbonyl (C=O) groups excluding carboxylic acids is 2. The van der Waals surface area contributed by atoms with Crippen molar-refractivity contribution in [1.82, 2.24) is 0 Å². The summed E-state index contributed by atoms with van der Waals surface area (Å²) in [6, 6.07) is 15.7. The first-order valence-electron chi connectivity index (χ1n) is 10.5. The lowest BCUT2D eigenvalue weighted by molar-refractivity contribution is -0.266. The molecule has 0 saturated heterocycles. The maximum Gasteiger partial charge on any atom is 0.365 e. The third-order valence-corrected chi connectivity index (χ3v) is 5.81. The zero-order valence-electron chi connectivity index (χ0n) is 19.4. The standard InChI is InChI=1S/C26H34O4/c1-17(2)19-9-13-21(14-10-19)25(5,6)23(27)29-30-24(28)26(7,8)22-15-11-20(12-16-22)18(3)4/h9-18H,1-8H3. The van der Waals surface area contributed by atoms with Crippen molar-refractivity contribution in [3.63, 3.8) is 0 Å². The molecule has 0 unspecified atom stereocenters. The van der Waals surface area contributed by atoms with Gasteiger partial charge in [0.15, 0.2) is 0 Å². The fourth-order valence-corrected chi connectivity index (χ4v) is 3.09. The number of benzene rings is 2. The highest BCUT2D eigenvalue weighted by Crippen LogP contribution is 2.29. The molecule has 2 aromatic carbocycles. The normalized spacial score (nSPS) is 12.2. The van der Waals surface area contributed by atoms with Crippen LogP contribution in [0.2, 0.25) is 0 Å². The van der Waals surface area contributed by atoms with E-state index < -0.39 is 22.8 Å². The van der Waals surface area contributed by atoms with E-state index in [1.54, 1.807) is 27.7 Å². The van der Waals surface area contributed by atoms with Gasteiger partial charge in [0.1, 0.15) is 0 Å². The number of hydrogen-bond acceptors (Lipinski definition) is 4. The molecule has 0 aromatic heterocycles. The van der Waals surface area contributed by atoms with Crippen LogP contribution in [-0.2, 0) is 30.2 Å². The molecular formula is C26H34O4. The highest BCUT2D eigenvalue weighted by Gasteiger charge is 2.37. The van der Waals surface area contributed by atoms with Gasteiger partial charge in [-0.05, 0) is 61.8 Å². The Morgan fingerprint density at radius 3 is 1.10 bits per heavy atom. The van der Waals surface area contributed by atoms with Gasteiger partial charge in [-0.1, -0.05) is 76.2 Å². The van der Waals surface area contributed by atoms with Crippen LogP contribution in [0.25, 0.3) is 0 Å². The number of carbonyl (C=O) groups is 2. The lowest BCUT2D eigenvalue weighted by Gasteiger charge is -2.25. The average Bonchev–Trinajstić information content (AvgIpc) is 2.71. The second kappa shape index (κ2) is 9.03. The molecule has 4 nitrogen and oxygen atoms in total. The average molecular weight is 411 g/mol. The van der Waals surface area contributed by atoms with Crippen LogP contribution in [0, 0.1) is 0 Å². The summed E-state index contributed by atoms with van der Waals surface area (Å²) in [5.41, 5.74) is 2.10. The van der Waals surface area contributed by atoms with E-state index in [-0.39, 0.29) is 0 Å². The molecule has 162 valence electrons. The predicted octanol–water partition coefficient (Wildman–Crippen LogP) is 6.19. The fourth-order valence-electron chi connectivity index (χ4n) is 3.09. The van der Waals surface area contributed by atoms with Crippen molar-refractivity contribution in [3.05, 3.63) is 70.8 Å². The van der Waals surface area contributed by atoms with E-state index in [4.69, 9.17) is 9.78 Å². The Morgan fingerprint density at radius 1 is 0.600 bits per heavy atom. The Bertz CT molecular complexity index is 797. The Morgan fingerprint density at radius 2 is 0.867 bits per heavy atom. The molecule has 2 aromatic rings. The van der Waals surface area contributed by atoms with E-state index in [1.807, 2.05) is 48.5 Å². The topological polar surface area (TPSA) is 52.6 Å². The molecule has 0 aliphatic rings. The molecule has 2 rings (SSSR count). The van der Waals surface area contributed by atoms with Crippen LogP contribution in [0.1, 0.15) is 89.5 Å². The molecule has 0 aliphatic carbocycles. The third kappa shape index (κ3) is 5.10. The largest absolute Gasteiger partial charge is 0.365 e. The summed E-state index contributed by atoms with van der Waals surface area (Å²) >= 11 is 0. The van der Waals surface area contributed by atoms with E-state index >= 15 is 0 Å². The minimum Gasteiger partial charge on any atom is -0.246 e. The number of hydrogen-bond donors (Lipinski definition) is 0. The molecule has 4 heteroatoms. The molecule has 0 atom stereocenters. The first-order chi connectivity index (χ1) is 13.9. The monoisotopic (exact) mass is 410 g/mol. The third-order valence-electron chi connectivity index (χ3n) is 5.81. The lowest BCUT2D eigenvalue weighted by atomic mass is 9.83. The van der Waals surface area contributed by atoms with Crippen LogP contribution in [0.5, 0.6) is 0 Å². The smallest absolute Gasteiger partial charge is 0.246 e. The van der Waals surface area contributed by atoms with Crippen molar-refractivity contribution in [3.8, 4) is 0 Å². The van der Waals surface area contributed by atoms with Crippen molar-refractivity contribution in [2.45, 2.75) is 78.1 Å². The first-order valence-corrected chi connectivity index (χ1v) is 10.5. The van der Waals surface area contributed by atoms with Crippen LogP contribution in [-0.4, -0.2) is 11.9 Å². The van der Waals surface area contributed by atoms with Crippen LogP contribution in [0.15, 0.2) is 48.5 Å². The molecular weight excluding hydrogens is 376 g/mol. The van der Waals surface area contributed by atoms with Gasteiger partial charge < -0.3 is 0 Å². The van der Waals surface area contributed by atoms with Crippen LogP contribution in [0.4, 0.5) is 0 Å². The van der Waals surface area contributed by atoms with Crippen LogP contribution in [0.3, 0.4) is 0 Å². The Kier molecular flexibility index (Phi) is 7.12. The summed E-state index contributed by atoms with van der Waals surface area (Å²) in [4.78, 5) is 35.3. The Balaban J connectivity index is 2.07. The van der Waals surface area contributed by atoms with Crippen molar-refractivity contribution < 1.29 is 19.4 Å². The van der Waals surface area contributed by atoms with Gasteiger partial charge in [-0.3, -0.25) is 0 Å². The number of rotatable bonds is 6. The molecule has 0 heterocycles. The predicted molar refractivity (Wildman–Crippen MR) is 119 cm³/mol. The highest BCUT2D eigenvalue weighted by atomic mass is 17.2. The van der Waals surface area contributed by atoms with Crippen LogP contribution >= 0.6 is 0 Å². The molecule has 0 N–H and O–H groups in total. The summed E-state index contributed by atoms with van der Waals surface area (Å²) in [7, 11) is 0. The van der Waals surface area contributed by atoms with Gasteiger partial charge in [0.2, 0.25) is 0 Å². The van der Waals surface area contributed by atoms with Crippen molar-refractivity contribution in [2.75, 3.05) is 0 Å². The van der Waals surface area contributed by atoms with E-state index in [0.717, 1.165) is 11.1 Å². The van der Waals surface area contributed by atoms with Gasteiger partial charge in [-0.15, -0.1) is 0 Å². The molecule has 0 radical (unpaired) electrons. The zero-order valence-corrected chi connectivity index (χ0v) is 19.4. The van der Waals surface area contributed by atoms with Gasteiger partial charge in [0, 0.05) is 0 Å². The summed E-state index contributed by atoms with van der Waals surface area (Å²) in [6.07, 6.45) is 0. The van der Waals surface area contributed by atoms with Gasteiger partial charge in [-0.2, -0.15) is 0 Å². The maximum atomic E-state index is 12.7. The summed E-state index contributed by atoms with van der Waals surface area (Å²) in [5.74, 6) is -0.406. The van der Waals surface area contributed by atoms with Gasteiger partial charge in [-0.25, -0.2) is 19.4 Å². The van der Waals surface area contributed by atoms with E-state index in [9.17, 15) is 9.59 Å². The quantitative estimate of drug-likeness (QED) is 0.421. The molecule has 0 spiro atoms. The SMILES string of the molecule is CC(C)c1ccc(C(C)(C)C(=O)OOC(=O)C(C)(C)c2ccc(C(C)C)cc2)cc1.